The number of fused-ring (bicyclic) bond motifs is 1. The molecule has 1 aliphatic heterocycles. The van der Waals surface area contributed by atoms with E-state index in [-0.39, 0.29) is 30.0 Å². The second-order valence-electron chi connectivity index (χ2n) is 7.23. The van der Waals surface area contributed by atoms with Crippen LogP contribution < -0.4 is 11.2 Å². The Morgan fingerprint density at radius 3 is 2.69 bits per heavy atom. The third-order valence-electron chi connectivity index (χ3n) is 5.15. The van der Waals surface area contributed by atoms with Gasteiger partial charge in [0.25, 0.3) is 5.56 Å². The lowest BCUT2D eigenvalue weighted by atomic mass is 9.91. The van der Waals surface area contributed by atoms with Crippen LogP contribution in [0.1, 0.15) is 18.4 Å². The Balaban J connectivity index is 1.36. The summed E-state index contributed by atoms with van der Waals surface area (Å²) in [5.41, 5.74) is -0.218. The number of rotatable bonds is 4. The number of hydrogen-bond acceptors (Lipinski definition) is 6. The Kier molecular flexibility index (Phi) is 5.10. The van der Waals surface area contributed by atoms with Crippen molar-refractivity contribution < 1.29 is 14.6 Å². The molecule has 0 saturated carbocycles. The number of nitrogens with zero attached hydrogens (tertiary/aromatic N) is 5. The number of piperidine rings is 1. The maximum atomic E-state index is 12.5. The SMILES string of the molecule is [B]c1cnc2c(=O)n(CC3(O)CCN(C(=O)OCc4ccccc4)CC3)cnn12. The van der Waals surface area contributed by atoms with Crippen LogP contribution in [0, 0.1) is 0 Å². The smallest absolute Gasteiger partial charge is 0.410 e. The molecule has 2 radical (unpaired) electrons. The first-order valence-electron chi connectivity index (χ1n) is 9.32. The van der Waals surface area contributed by atoms with Crippen molar-refractivity contribution in [2.24, 2.45) is 0 Å². The number of carbonyl (C=O) groups is 1. The van der Waals surface area contributed by atoms with Gasteiger partial charge in [-0.3, -0.25) is 9.36 Å². The maximum Gasteiger partial charge on any atom is 0.410 e. The number of aromatic nitrogens is 4. The van der Waals surface area contributed by atoms with Crippen LogP contribution in [-0.2, 0) is 17.9 Å². The van der Waals surface area contributed by atoms with Crippen LogP contribution in [0.5, 0.6) is 0 Å². The monoisotopic (exact) mass is 393 g/mol. The minimum atomic E-state index is -1.13. The van der Waals surface area contributed by atoms with Gasteiger partial charge in [-0.25, -0.2) is 14.3 Å². The summed E-state index contributed by atoms with van der Waals surface area (Å²) >= 11 is 0. The summed E-state index contributed by atoms with van der Waals surface area (Å²) < 4.78 is 7.92. The summed E-state index contributed by atoms with van der Waals surface area (Å²) in [5, 5.41) is 15.0. The molecule has 3 heterocycles. The summed E-state index contributed by atoms with van der Waals surface area (Å²) in [7, 11) is 5.70. The highest BCUT2D eigenvalue weighted by molar-refractivity contribution is 6.30. The van der Waals surface area contributed by atoms with Crippen LogP contribution in [-0.4, -0.2) is 61.8 Å². The summed E-state index contributed by atoms with van der Waals surface area (Å²) in [6, 6.07) is 9.44. The van der Waals surface area contributed by atoms with Gasteiger partial charge in [-0.1, -0.05) is 30.3 Å². The van der Waals surface area contributed by atoms with E-state index in [2.05, 4.69) is 10.1 Å². The zero-order valence-corrected chi connectivity index (χ0v) is 15.8. The topological polar surface area (TPSA) is 102 Å². The van der Waals surface area contributed by atoms with E-state index in [1.807, 2.05) is 30.3 Å². The molecule has 9 nitrogen and oxygen atoms in total. The maximum absolute atomic E-state index is 12.5. The molecule has 4 rings (SSSR count). The Labute approximate surface area is 168 Å². The molecule has 2 aromatic heterocycles. The first-order chi connectivity index (χ1) is 14.0. The van der Waals surface area contributed by atoms with Gasteiger partial charge in [-0.15, -0.1) is 0 Å². The largest absolute Gasteiger partial charge is 0.445 e. The number of benzene rings is 1. The summed E-state index contributed by atoms with van der Waals surface area (Å²) in [6.45, 7) is 0.944. The number of likely N-dealkylation sites (tertiary alicyclic amines) is 1. The van der Waals surface area contributed by atoms with Gasteiger partial charge >= 0.3 is 6.09 Å². The third-order valence-corrected chi connectivity index (χ3v) is 5.15. The molecule has 0 unspecified atom stereocenters. The predicted octanol–water partition coefficient (Wildman–Crippen LogP) is -0.152. The van der Waals surface area contributed by atoms with Crippen molar-refractivity contribution in [3.05, 3.63) is 58.8 Å². The van der Waals surface area contributed by atoms with Crippen molar-refractivity contribution in [3.63, 3.8) is 0 Å². The average molecular weight is 393 g/mol. The Hall–Kier alpha value is -3.14. The van der Waals surface area contributed by atoms with Gasteiger partial charge in [0.1, 0.15) is 20.8 Å². The molecule has 1 saturated heterocycles. The number of amides is 1. The average Bonchev–Trinajstić information content (AvgIpc) is 3.11. The standard InChI is InChI=1S/C19H20BN5O4/c20-15-10-21-16-17(26)24(13-22-25(15)16)12-19(28)6-8-23(9-7-19)18(27)29-11-14-4-2-1-3-5-14/h1-5,10,13,28H,6-9,11-12H2. The molecular weight excluding hydrogens is 373 g/mol. The molecule has 1 fully saturated rings. The summed E-state index contributed by atoms with van der Waals surface area (Å²) in [5.74, 6) is 0. The number of ether oxygens (including phenoxy) is 1. The van der Waals surface area contributed by atoms with Crippen molar-refractivity contribution in [1.29, 1.82) is 0 Å². The van der Waals surface area contributed by atoms with Crippen LogP contribution >= 0.6 is 0 Å². The van der Waals surface area contributed by atoms with E-state index >= 15 is 0 Å². The van der Waals surface area contributed by atoms with Crippen LogP contribution in [0.15, 0.2) is 47.7 Å². The van der Waals surface area contributed by atoms with Gasteiger partial charge in [-0.05, 0) is 18.4 Å². The molecule has 10 heteroatoms. The molecule has 1 aromatic carbocycles. The Morgan fingerprint density at radius 1 is 1.24 bits per heavy atom. The third kappa shape index (κ3) is 4.02. The quantitative estimate of drug-likeness (QED) is 0.619. The van der Waals surface area contributed by atoms with Crippen molar-refractivity contribution in [2.75, 3.05) is 13.1 Å². The lowest BCUT2D eigenvalue weighted by molar-refractivity contribution is -0.0339. The van der Waals surface area contributed by atoms with E-state index in [9.17, 15) is 14.7 Å². The number of imidazole rings is 1. The van der Waals surface area contributed by atoms with Gasteiger partial charge in [0, 0.05) is 24.9 Å². The lowest BCUT2D eigenvalue weighted by Crippen LogP contribution is -2.50. The van der Waals surface area contributed by atoms with E-state index in [4.69, 9.17) is 12.6 Å². The predicted molar refractivity (Wildman–Crippen MR) is 105 cm³/mol. The van der Waals surface area contributed by atoms with Gasteiger partial charge in [-0.2, -0.15) is 5.10 Å². The lowest BCUT2D eigenvalue weighted by Gasteiger charge is -2.37. The van der Waals surface area contributed by atoms with Crippen molar-refractivity contribution in [2.45, 2.75) is 31.6 Å². The van der Waals surface area contributed by atoms with E-state index in [0.29, 0.717) is 25.9 Å². The van der Waals surface area contributed by atoms with Gasteiger partial charge in [0.2, 0.25) is 5.65 Å². The van der Waals surface area contributed by atoms with Crippen molar-refractivity contribution >= 4 is 25.2 Å². The fraction of sp³-hybridized carbons (Fsp3) is 0.368. The normalized spacial score (nSPS) is 16.1. The zero-order valence-electron chi connectivity index (χ0n) is 15.8. The molecule has 148 valence electrons. The molecular formula is C19H20BN5O4. The van der Waals surface area contributed by atoms with Crippen molar-refractivity contribution in [3.8, 4) is 0 Å². The van der Waals surface area contributed by atoms with E-state index in [1.54, 1.807) is 4.90 Å². The van der Waals surface area contributed by atoms with E-state index in [0.717, 1.165) is 5.56 Å². The second-order valence-corrected chi connectivity index (χ2v) is 7.23. The van der Waals surface area contributed by atoms with Crippen LogP contribution in [0.25, 0.3) is 5.65 Å². The van der Waals surface area contributed by atoms with Gasteiger partial charge < -0.3 is 14.7 Å². The highest BCUT2D eigenvalue weighted by atomic mass is 16.6. The van der Waals surface area contributed by atoms with E-state index in [1.165, 1.54) is 21.6 Å². The molecule has 1 amide bonds. The Morgan fingerprint density at radius 2 is 1.97 bits per heavy atom. The fourth-order valence-electron chi connectivity index (χ4n) is 3.42. The van der Waals surface area contributed by atoms with Crippen LogP contribution in [0.2, 0.25) is 0 Å². The number of carbonyl (C=O) groups excluding carboxylic acids is 1. The number of hydrogen-bond donors (Lipinski definition) is 1. The molecule has 0 atom stereocenters. The molecule has 0 bridgehead atoms. The highest BCUT2D eigenvalue weighted by Gasteiger charge is 2.35. The minimum Gasteiger partial charge on any atom is -0.445 e. The zero-order chi connectivity index (χ0) is 20.4. The van der Waals surface area contributed by atoms with E-state index < -0.39 is 11.7 Å². The van der Waals surface area contributed by atoms with Crippen molar-refractivity contribution in [1.82, 2.24) is 24.1 Å². The van der Waals surface area contributed by atoms with Gasteiger partial charge in [0.05, 0.1) is 12.1 Å². The first kappa shape index (κ1) is 19.2. The van der Waals surface area contributed by atoms with Crippen LogP contribution in [0.4, 0.5) is 4.79 Å². The number of aliphatic hydroxyl groups is 1. The summed E-state index contributed by atoms with van der Waals surface area (Å²) in [6.07, 6.45) is 2.93. The van der Waals surface area contributed by atoms with Crippen LogP contribution in [0.3, 0.4) is 0 Å². The molecule has 0 aliphatic carbocycles. The van der Waals surface area contributed by atoms with Gasteiger partial charge in [0.15, 0.2) is 0 Å². The minimum absolute atomic E-state index is 0.0645. The first-order valence-corrected chi connectivity index (χ1v) is 9.32. The molecule has 0 spiro atoms. The molecule has 29 heavy (non-hydrogen) atoms. The second kappa shape index (κ2) is 7.71. The molecule has 1 aliphatic rings. The highest BCUT2D eigenvalue weighted by Crippen LogP contribution is 2.24. The Bertz CT molecular complexity index is 1070. The fourth-order valence-corrected chi connectivity index (χ4v) is 3.42. The molecule has 3 aromatic rings. The molecule has 1 N–H and O–H groups in total. The summed E-state index contributed by atoms with van der Waals surface area (Å²) in [4.78, 5) is 30.3.